The third kappa shape index (κ3) is 3.14. The zero-order valence-electron chi connectivity index (χ0n) is 7.00. The molecule has 0 aliphatic rings. The summed E-state index contributed by atoms with van der Waals surface area (Å²) in [7, 11) is 0. The van der Waals surface area contributed by atoms with Crippen LogP contribution in [0.15, 0.2) is 27.8 Å². The van der Waals surface area contributed by atoms with Crippen molar-refractivity contribution in [1.29, 1.82) is 0 Å². The van der Waals surface area contributed by atoms with Gasteiger partial charge in [0.1, 0.15) is 5.82 Å². The average molecular weight is 260 g/mol. The van der Waals surface area contributed by atoms with Crippen molar-refractivity contribution in [3.8, 4) is 0 Å². The predicted molar refractivity (Wildman–Crippen MR) is 54.4 cm³/mol. The van der Waals surface area contributed by atoms with Gasteiger partial charge in [-0.25, -0.2) is 14.6 Å². The molecule has 0 aromatic heterocycles. The quantitative estimate of drug-likeness (QED) is 0.615. The van der Waals surface area contributed by atoms with E-state index in [1.807, 2.05) is 5.43 Å². The molecule has 0 aliphatic heterocycles. The number of hydrogen-bond donors (Lipinski definition) is 2. The summed E-state index contributed by atoms with van der Waals surface area (Å²) in [6, 6.07) is 3.36. The van der Waals surface area contributed by atoms with Gasteiger partial charge in [-0.3, -0.25) is 0 Å². The highest BCUT2D eigenvalue weighted by Gasteiger charge is 1.98. The summed E-state index contributed by atoms with van der Waals surface area (Å²) < 4.78 is 13.4. The average Bonchev–Trinajstić information content (AvgIpc) is 2.10. The van der Waals surface area contributed by atoms with Gasteiger partial charge < -0.3 is 5.73 Å². The van der Waals surface area contributed by atoms with Crippen molar-refractivity contribution < 1.29 is 9.18 Å². The Morgan fingerprint density at radius 3 is 3.00 bits per heavy atom. The van der Waals surface area contributed by atoms with Crippen molar-refractivity contribution >= 4 is 28.2 Å². The highest BCUT2D eigenvalue weighted by molar-refractivity contribution is 9.10. The molecule has 0 bridgehead atoms. The van der Waals surface area contributed by atoms with Gasteiger partial charge in [0.05, 0.1) is 6.21 Å². The molecule has 0 saturated carbocycles. The number of rotatable bonds is 2. The zero-order chi connectivity index (χ0) is 10.6. The zero-order valence-corrected chi connectivity index (χ0v) is 8.58. The van der Waals surface area contributed by atoms with Gasteiger partial charge >= 0.3 is 6.03 Å². The van der Waals surface area contributed by atoms with Crippen molar-refractivity contribution in [1.82, 2.24) is 5.43 Å². The van der Waals surface area contributed by atoms with Gasteiger partial charge in [0.25, 0.3) is 0 Å². The molecule has 1 rings (SSSR count). The molecular formula is C8H7BrFN3O. The van der Waals surface area contributed by atoms with E-state index >= 15 is 0 Å². The van der Waals surface area contributed by atoms with E-state index in [-0.39, 0.29) is 5.82 Å². The van der Waals surface area contributed by atoms with Gasteiger partial charge in [-0.2, -0.15) is 5.10 Å². The van der Waals surface area contributed by atoms with Crippen molar-refractivity contribution in [2.75, 3.05) is 0 Å². The van der Waals surface area contributed by atoms with Gasteiger partial charge in [-0.15, -0.1) is 0 Å². The normalized spacial score (nSPS) is 10.4. The van der Waals surface area contributed by atoms with Crippen LogP contribution in [0.4, 0.5) is 9.18 Å². The van der Waals surface area contributed by atoms with Gasteiger partial charge in [-0.05, 0) is 18.2 Å². The van der Waals surface area contributed by atoms with Crippen molar-refractivity contribution in [2.24, 2.45) is 10.8 Å². The number of nitrogens with two attached hydrogens (primary N) is 1. The Morgan fingerprint density at radius 2 is 2.36 bits per heavy atom. The molecule has 1 aromatic carbocycles. The molecular weight excluding hydrogens is 253 g/mol. The third-order valence-electron chi connectivity index (χ3n) is 1.34. The highest BCUT2D eigenvalue weighted by atomic mass is 79.9. The maximum atomic E-state index is 12.7. The van der Waals surface area contributed by atoms with E-state index in [1.165, 1.54) is 18.3 Å². The van der Waals surface area contributed by atoms with Crippen LogP contribution in [0, 0.1) is 5.82 Å². The van der Waals surface area contributed by atoms with Crippen molar-refractivity contribution in [3.05, 3.63) is 34.1 Å². The van der Waals surface area contributed by atoms with Crippen LogP contribution in [-0.4, -0.2) is 12.2 Å². The van der Waals surface area contributed by atoms with Gasteiger partial charge in [-0.1, -0.05) is 15.9 Å². The fraction of sp³-hybridized carbons (Fsp3) is 0. The van der Waals surface area contributed by atoms with E-state index in [0.717, 1.165) is 0 Å². The lowest BCUT2D eigenvalue weighted by molar-refractivity contribution is 0.249. The van der Waals surface area contributed by atoms with E-state index in [1.54, 1.807) is 6.07 Å². The van der Waals surface area contributed by atoms with E-state index in [4.69, 9.17) is 5.73 Å². The molecule has 6 heteroatoms. The topological polar surface area (TPSA) is 67.5 Å². The summed E-state index contributed by atoms with van der Waals surface area (Å²) in [5.74, 6) is -0.381. The number of amides is 2. The third-order valence-corrected chi connectivity index (χ3v) is 2.06. The molecule has 0 atom stereocenters. The first kappa shape index (κ1) is 10.6. The van der Waals surface area contributed by atoms with Crippen LogP contribution >= 0.6 is 15.9 Å². The Balaban J connectivity index is 2.80. The molecule has 0 spiro atoms. The summed E-state index contributed by atoms with van der Waals surface area (Å²) in [6.07, 6.45) is 1.29. The van der Waals surface area contributed by atoms with Crippen LogP contribution in [0.2, 0.25) is 0 Å². The second-order valence-corrected chi connectivity index (χ2v) is 3.25. The van der Waals surface area contributed by atoms with Crippen LogP contribution in [-0.2, 0) is 0 Å². The van der Waals surface area contributed by atoms with Crippen LogP contribution in [0.1, 0.15) is 5.56 Å². The number of urea groups is 1. The van der Waals surface area contributed by atoms with Gasteiger partial charge in [0, 0.05) is 10.0 Å². The van der Waals surface area contributed by atoms with Crippen LogP contribution in [0.3, 0.4) is 0 Å². The van der Waals surface area contributed by atoms with Crippen LogP contribution < -0.4 is 11.2 Å². The van der Waals surface area contributed by atoms with Crippen molar-refractivity contribution in [3.63, 3.8) is 0 Å². The number of nitrogens with one attached hydrogen (secondary N) is 1. The Hall–Kier alpha value is -1.43. The first-order valence-corrected chi connectivity index (χ1v) is 4.42. The maximum absolute atomic E-state index is 12.7. The Kier molecular flexibility index (Phi) is 3.58. The molecule has 4 nitrogen and oxygen atoms in total. The van der Waals surface area contributed by atoms with E-state index in [9.17, 15) is 9.18 Å². The number of nitrogens with zero attached hydrogens (tertiary/aromatic N) is 1. The highest BCUT2D eigenvalue weighted by Crippen LogP contribution is 2.15. The number of hydrogen-bond acceptors (Lipinski definition) is 2. The lowest BCUT2D eigenvalue weighted by atomic mass is 10.2. The largest absolute Gasteiger partial charge is 0.350 e. The molecule has 14 heavy (non-hydrogen) atoms. The number of halogens is 2. The minimum absolute atomic E-state index is 0.381. The SMILES string of the molecule is NC(=O)NN=Cc1cc(F)ccc1Br. The summed E-state index contributed by atoms with van der Waals surface area (Å²) in [6.45, 7) is 0. The fourth-order valence-electron chi connectivity index (χ4n) is 0.779. The van der Waals surface area contributed by atoms with E-state index in [0.29, 0.717) is 10.0 Å². The molecule has 0 aliphatic carbocycles. The Morgan fingerprint density at radius 1 is 1.64 bits per heavy atom. The molecule has 3 N–H and O–H groups in total. The monoisotopic (exact) mass is 259 g/mol. The number of benzene rings is 1. The second kappa shape index (κ2) is 4.71. The first-order valence-electron chi connectivity index (χ1n) is 3.63. The number of carbonyl (C=O) groups is 1. The molecule has 0 fully saturated rings. The first-order chi connectivity index (χ1) is 6.59. The number of carbonyl (C=O) groups excluding carboxylic acids is 1. The Labute approximate surface area is 88.1 Å². The lowest BCUT2D eigenvalue weighted by Crippen LogP contribution is -2.24. The van der Waals surface area contributed by atoms with E-state index in [2.05, 4.69) is 21.0 Å². The molecule has 1 aromatic rings. The number of hydrazone groups is 1. The molecule has 74 valence electrons. The number of primary amides is 1. The minimum atomic E-state index is -0.770. The van der Waals surface area contributed by atoms with E-state index < -0.39 is 6.03 Å². The Bertz CT molecular complexity index is 381. The van der Waals surface area contributed by atoms with Gasteiger partial charge in [0.2, 0.25) is 0 Å². The smallest absolute Gasteiger partial charge is 0.332 e. The predicted octanol–water partition coefficient (Wildman–Crippen LogP) is 1.59. The van der Waals surface area contributed by atoms with Gasteiger partial charge in [0.15, 0.2) is 0 Å². The molecule has 0 unspecified atom stereocenters. The van der Waals surface area contributed by atoms with Crippen LogP contribution in [0.25, 0.3) is 0 Å². The molecule has 0 saturated heterocycles. The second-order valence-electron chi connectivity index (χ2n) is 2.40. The summed E-state index contributed by atoms with van der Waals surface area (Å²) in [5, 5.41) is 3.50. The molecule has 0 radical (unpaired) electrons. The van der Waals surface area contributed by atoms with Crippen molar-refractivity contribution in [2.45, 2.75) is 0 Å². The van der Waals surface area contributed by atoms with Crippen LogP contribution in [0.5, 0.6) is 0 Å². The summed E-state index contributed by atoms with van der Waals surface area (Å²) >= 11 is 3.20. The molecule has 0 heterocycles. The summed E-state index contributed by atoms with van der Waals surface area (Å²) in [4.78, 5) is 10.3. The fourth-order valence-corrected chi connectivity index (χ4v) is 1.13. The standard InChI is InChI=1S/C8H7BrFN3O/c9-7-2-1-6(10)3-5(7)4-12-13-8(11)14/h1-4H,(H3,11,13,14). The lowest BCUT2D eigenvalue weighted by Gasteiger charge is -1.97. The molecule has 2 amide bonds. The maximum Gasteiger partial charge on any atom is 0.332 e. The minimum Gasteiger partial charge on any atom is -0.350 e. The summed E-state index contributed by atoms with van der Waals surface area (Å²) in [5.41, 5.74) is 7.29.